The van der Waals surface area contributed by atoms with Crippen LogP contribution in [0, 0.1) is 0 Å². The van der Waals surface area contributed by atoms with Gasteiger partial charge in [-0.1, -0.05) is 148 Å². The molecule has 0 bridgehead atoms. The Morgan fingerprint density at radius 2 is 0.842 bits per heavy atom. The van der Waals surface area contributed by atoms with Crippen LogP contribution >= 0.6 is 7.14 Å². The summed E-state index contributed by atoms with van der Waals surface area (Å²) in [7, 11) is -3.26. The fourth-order valence-corrected chi connectivity index (χ4v) is 7.74. The van der Waals surface area contributed by atoms with Crippen LogP contribution in [0.2, 0.25) is 0 Å². The van der Waals surface area contributed by atoms with E-state index in [1.54, 1.807) is 0 Å². The first-order valence-electron chi connectivity index (χ1n) is 13.0. The van der Waals surface area contributed by atoms with E-state index in [1.807, 2.05) is 127 Å². The molecule has 0 aromatic heterocycles. The average Bonchev–Trinajstić information content (AvgIpc) is 2.97. The van der Waals surface area contributed by atoms with Crippen LogP contribution in [0.4, 0.5) is 0 Å². The zero-order valence-corrected chi connectivity index (χ0v) is 23.0. The van der Waals surface area contributed by atoms with Gasteiger partial charge in [0.05, 0.1) is 0 Å². The summed E-state index contributed by atoms with van der Waals surface area (Å²) in [5, 5.41) is 14.9. The third-order valence-corrected chi connectivity index (χ3v) is 10.2. The van der Waals surface area contributed by atoms with Crippen molar-refractivity contribution in [2.24, 2.45) is 0 Å². The molecule has 0 aliphatic heterocycles. The predicted molar refractivity (Wildman–Crippen MR) is 160 cm³/mol. The number of hydrogen-bond donors (Lipinski definition) is 1. The van der Waals surface area contributed by atoms with E-state index in [1.165, 1.54) is 0 Å². The molecule has 0 fully saturated rings. The highest BCUT2D eigenvalue weighted by atomic mass is 31.2. The summed E-state index contributed by atoms with van der Waals surface area (Å²) in [6.07, 6.45) is 0. The molecule has 0 unspecified atom stereocenters. The van der Waals surface area contributed by atoms with Crippen LogP contribution in [-0.2, 0) is 15.6 Å². The van der Waals surface area contributed by atoms with Gasteiger partial charge in [0, 0.05) is 15.9 Å². The van der Waals surface area contributed by atoms with Gasteiger partial charge in [-0.15, -0.1) is 0 Å². The number of benzene rings is 5. The lowest BCUT2D eigenvalue weighted by molar-refractivity contribution is 0.125. The molecule has 0 saturated carbocycles. The second kappa shape index (κ2) is 10.2. The summed E-state index contributed by atoms with van der Waals surface area (Å²) in [5.74, 6) is 0. The van der Waals surface area contributed by atoms with Crippen molar-refractivity contribution in [3.63, 3.8) is 0 Å². The maximum Gasteiger partial charge on any atom is 0.171 e. The van der Waals surface area contributed by atoms with Gasteiger partial charge in [0.25, 0.3) is 0 Å². The lowest BCUT2D eigenvalue weighted by Gasteiger charge is -2.33. The molecule has 190 valence electrons. The Morgan fingerprint density at radius 1 is 0.474 bits per heavy atom. The minimum Gasteiger partial charge on any atom is -0.376 e. The standard InChI is InChI=1S/C35H33O2P/c1-34(2,3)29-24-30(35(36,27-16-8-4-9-17-27)28-18-10-5-11-19-28)26-33(25-29)38(37,31-20-12-6-13-21-31)32-22-14-7-15-23-32/h4-26,36H,1-3H3. The smallest absolute Gasteiger partial charge is 0.171 e. The van der Waals surface area contributed by atoms with Crippen LogP contribution in [0.15, 0.2) is 140 Å². The molecule has 2 nitrogen and oxygen atoms in total. The Labute approximate surface area is 226 Å². The van der Waals surface area contributed by atoms with E-state index in [2.05, 4.69) is 32.9 Å². The largest absolute Gasteiger partial charge is 0.376 e. The highest BCUT2D eigenvalue weighted by Crippen LogP contribution is 2.45. The monoisotopic (exact) mass is 516 g/mol. The molecule has 5 aromatic carbocycles. The number of rotatable bonds is 6. The molecule has 5 aromatic rings. The van der Waals surface area contributed by atoms with E-state index in [4.69, 9.17) is 0 Å². The minimum atomic E-state index is -3.26. The van der Waals surface area contributed by atoms with Crippen molar-refractivity contribution in [1.82, 2.24) is 0 Å². The van der Waals surface area contributed by atoms with Crippen LogP contribution in [0.5, 0.6) is 0 Å². The quantitative estimate of drug-likeness (QED) is 0.197. The predicted octanol–water partition coefficient (Wildman–Crippen LogP) is 6.91. The van der Waals surface area contributed by atoms with E-state index < -0.39 is 12.7 Å². The fraction of sp³-hybridized carbons (Fsp3) is 0.143. The van der Waals surface area contributed by atoms with Crippen LogP contribution in [0.1, 0.15) is 43.0 Å². The summed E-state index contributed by atoms with van der Waals surface area (Å²) in [4.78, 5) is 0. The average molecular weight is 517 g/mol. The molecule has 38 heavy (non-hydrogen) atoms. The van der Waals surface area contributed by atoms with Crippen molar-refractivity contribution in [3.05, 3.63) is 162 Å². The van der Waals surface area contributed by atoms with E-state index in [0.717, 1.165) is 27.3 Å². The zero-order valence-electron chi connectivity index (χ0n) is 22.1. The lowest BCUT2D eigenvalue weighted by Crippen LogP contribution is -2.33. The molecule has 0 radical (unpaired) electrons. The first kappa shape index (κ1) is 25.9. The van der Waals surface area contributed by atoms with Gasteiger partial charge < -0.3 is 9.67 Å². The molecule has 0 aliphatic rings. The summed E-state index contributed by atoms with van der Waals surface area (Å²) >= 11 is 0. The van der Waals surface area contributed by atoms with Crippen LogP contribution in [-0.4, -0.2) is 5.11 Å². The van der Waals surface area contributed by atoms with E-state index in [-0.39, 0.29) is 5.41 Å². The van der Waals surface area contributed by atoms with Gasteiger partial charge in [-0.2, -0.15) is 0 Å². The van der Waals surface area contributed by atoms with Gasteiger partial charge in [0.2, 0.25) is 0 Å². The van der Waals surface area contributed by atoms with Crippen molar-refractivity contribution < 1.29 is 9.67 Å². The van der Waals surface area contributed by atoms with Crippen molar-refractivity contribution >= 4 is 23.1 Å². The Kier molecular flexibility index (Phi) is 6.97. The molecule has 0 aliphatic carbocycles. The summed E-state index contributed by atoms with van der Waals surface area (Å²) in [5.41, 5.74) is 1.57. The highest BCUT2D eigenvalue weighted by Gasteiger charge is 2.38. The second-order valence-electron chi connectivity index (χ2n) is 10.7. The topological polar surface area (TPSA) is 37.3 Å². The minimum absolute atomic E-state index is 0.239. The second-order valence-corrected chi connectivity index (χ2v) is 13.5. The lowest BCUT2D eigenvalue weighted by atomic mass is 9.77. The summed E-state index contributed by atoms with van der Waals surface area (Å²) < 4.78 is 15.4. The molecule has 0 saturated heterocycles. The molecule has 0 spiro atoms. The maximum atomic E-state index is 15.4. The normalized spacial score (nSPS) is 12.3. The van der Waals surface area contributed by atoms with Gasteiger partial charge in [-0.3, -0.25) is 0 Å². The molecule has 1 N–H and O–H groups in total. The Morgan fingerprint density at radius 3 is 1.24 bits per heavy atom. The Bertz CT molecular complexity index is 1470. The molecule has 3 heteroatoms. The van der Waals surface area contributed by atoms with Crippen LogP contribution < -0.4 is 15.9 Å². The van der Waals surface area contributed by atoms with Crippen LogP contribution in [0.25, 0.3) is 0 Å². The Hall–Kier alpha value is -3.71. The maximum absolute atomic E-state index is 15.4. The molecule has 0 heterocycles. The molecule has 0 atom stereocenters. The third-order valence-electron chi connectivity index (χ3n) is 7.19. The number of hydrogen-bond acceptors (Lipinski definition) is 2. The fourth-order valence-electron chi connectivity index (χ4n) is 5.02. The van der Waals surface area contributed by atoms with E-state index in [0.29, 0.717) is 10.9 Å². The van der Waals surface area contributed by atoms with Gasteiger partial charge in [-0.25, -0.2) is 0 Å². The van der Waals surface area contributed by atoms with Crippen molar-refractivity contribution in [3.8, 4) is 0 Å². The van der Waals surface area contributed by atoms with Gasteiger partial charge in [0.1, 0.15) is 5.60 Å². The van der Waals surface area contributed by atoms with Crippen molar-refractivity contribution in [2.45, 2.75) is 31.8 Å². The van der Waals surface area contributed by atoms with Crippen molar-refractivity contribution in [2.75, 3.05) is 0 Å². The molecular formula is C35H33O2P. The van der Waals surface area contributed by atoms with Gasteiger partial charge in [-0.05, 0) is 39.8 Å². The zero-order chi connectivity index (χ0) is 26.8. The summed E-state index contributed by atoms with van der Waals surface area (Å²) in [6, 6.07) is 44.9. The Balaban J connectivity index is 1.87. The van der Waals surface area contributed by atoms with Gasteiger partial charge in [0.15, 0.2) is 7.14 Å². The highest BCUT2D eigenvalue weighted by molar-refractivity contribution is 7.85. The van der Waals surface area contributed by atoms with E-state index >= 15 is 4.57 Å². The third kappa shape index (κ3) is 4.67. The number of aliphatic hydroxyl groups is 1. The first-order valence-corrected chi connectivity index (χ1v) is 14.7. The summed E-state index contributed by atoms with van der Waals surface area (Å²) in [6.45, 7) is 6.45. The molecule has 0 amide bonds. The SMILES string of the molecule is CC(C)(C)c1cc(C(O)(c2ccccc2)c2ccccc2)cc(P(=O)(c2ccccc2)c2ccccc2)c1. The molecule has 5 rings (SSSR count). The first-order chi connectivity index (χ1) is 18.2. The molecular weight excluding hydrogens is 483 g/mol. The van der Waals surface area contributed by atoms with E-state index in [9.17, 15) is 5.11 Å². The van der Waals surface area contributed by atoms with Gasteiger partial charge >= 0.3 is 0 Å². The van der Waals surface area contributed by atoms with Crippen molar-refractivity contribution in [1.29, 1.82) is 0 Å². The van der Waals surface area contributed by atoms with Crippen LogP contribution in [0.3, 0.4) is 0 Å².